The molecule has 0 atom stereocenters. The third-order valence-corrected chi connectivity index (χ3v) is 2.13. The molecule has 0 saturated carbocycles. The molecule has 1 aromatic rings. The van der Waals surface area contributed by atoms with Crippen molar-refractivity contribution in [3.8, 4) is 5.75 Å². The fraction of sp³-hybridized carbons (Fsp3) is 0.250. The molecule has 0 saturated heterocycles. The number of benzene rings is 1. The summed E-state index contributed by atoms with van der Waals surface area (Å²) in [5, 5.41) is 0. The molecule has 0 unspecified atom stereocenters. The fourth-order valence-electron chi connectivity index (χ4n) is 1.10. The molecule has 0 aliphatic rings. The van der Waals surface area contributed by atoms with Gasteiger partial charge in [-0.2, -0.15) is 0 Å². The Hall–Kier alpha value is -1.32. The summed E-state index contributed by atoms with van der Waals surface area (Å²) in [5.41, 5.74) is 0.789. The highest BCUT2D eigenvalue weighted by Gasteiger charge is 2.04. The second-order valence-corrected chi connectivity index (χ2v) is 3.29. The van der Waals surface area contributed by atoms with Crippen molar-refractivity contribution in [3.05, 3.63) is 42.0 Å². The van der Waals surface area contributed by atoms with Gasteiger partial charge in [0.15, 0.2) is 0 Å². The van der Waals surface area contributed by atoms with Crippen LogP contribution < -0.4 is 4.74 Å². The van der Waals surface area contributed by atoms with Gasteiger partial charge in [0.2, 0.25) is 0 Å². The summed E-state index contributed by atoms with van der Waals surface area (Å²) in [7, 11) is 1.55. The summed E-state index contributed by atoms with van der Waals surface area (Å²) in [6, 6.07) is 7.15. The maximum atomic E-state index is 11.3. The van der Waals surface area contributed by atoms with Crippen LogP contribution in [0.5, 0.6) is 5.75 Å². The number of rotatable bonds is 5. The third-order valence-electron chi connectivity index (χ3n) is 1.84. The smallest absolute Gasteiger partial charge is 0.335 e. The van der Waals surface area contributed by atoms with Gasteiger partial charge < -0.3 is 9.47 Å². The van der Waals surface area contributed by atoms with Crippen molar-refractivity contribution < 1.29 is 14.3 Å². The minimum absolute atomic E-state index is 0.311. The van der Waals surface area contributed by atoms with Crippen molar-refractivity contribution in [2.45, 2.75) is 5.88 Å². The molecule has 86 valence electrons. The first kappa shape index (κ1) is 12.7. The van der Waals surface area contributed by atoms with E-state index in [2.05, 4.69) is 0 Å². The standard InChI is InChI=1S/C12H13ClO3/c1-15-8-4-7-12(14)16-11-6-3-2-5-10(11)9-13/h2-7H,8-9H2,1H3. The molecule has 0 heterocycles. The minimum atomic E-state index is -0.436. The first-order chi connectivity index (χ1) is 7.77. The van der Waals surface area contributed by atoms with Gasteiger partial charge in [0.25, 0.3) is 0 Å². The van der Waals surface area contributed by atoms with E-state index in [1.807, 2.05) is 12.1 Å². The zero-order valence-corrected chi connectivity index (χ0v) is 9.74. The first-order valence-corrected chi connectivity index (χ1v) is 5.32. The normalized spacial score (nSPS) is 10.6. The molecule has 0 amide bonds. The van der Waals surface area contributed by atoms with E-state index < -0.39 is 5.97 Å². The number of hydrogen-bond acceptors (Lipinski definition) is 3. The van der Waals surface area contributed by atoms with Crippen LogP contribution in [0.4, 0.5) is 0 Å². The van der Waals surface area contributed by atoms with E-state index in [1.54, 1.807) is 25.3 Å². The summed E-state index contributed by atoms with van der Waals surface area (Å²) >= 11 is 5.71. The van der Waals surface area contributed by atoms with Gasteiger partial charge in [-0.05, 0) is 6.07 Å². The van der Waals surface area contributed by atoms with Crippen LogP contribution in [0.2, 0.25) is 0 Å². The van der Waals surface area contributed by atoms with Crippen LogP contribution in [0.3, 0.4) is 0 Å². The maximum Gasteiger partial charge on any atom is 0.335 e. The SMILES string of the molecule is COCC=CC(=O)Oc1ccccc1CCl. The number of carbonyl (C=O) groups excluding carboxylic acids is 1. The molecule has 0 aliphatic heterocycles. The van der Waals surface area contributed by atoms with E-state index >= 15 is 0 Å². The topological polar surface area (TPSA) is 35.5 Å². The highest BCUT2D eigenvalue weighted by Crippen LogP contribution is 2.19. The Balaban J connectivity index is 2.62. The molecule has 0 aromatic heterocycles. The van der Waals surface area contributed by atoms with Gasteiger partial charge in [-0.1, -0.05) is 24.3 Å². The van der Waals surface area contributed by atoms with Gasteiger partial charge in [0.05, 0.1) is 12.5 Å². The van der Waals surface area contributed by atoms with E-state index in [1.165, 1.54) is 6.08 Å². The van der Waals surface area contributed by atoms with Gasteiger partial charge in [-0.3, -0.25) is 0 Å². The molecule has 0 fully saturated rings. The minimum Gasteiger partial charge on any atom is -0.423 e. The van der Waals surface area contributed by atoms with Crippen LogP contribution in [-0.4, -0.2) is 19.7 Å². The Labute approximate surface area is 99.6 Å². The second kappa shape index (κ2) is 7.04. The number of alkyl halides is 1. The van der Waals surface area contributed by atoms with Crippen LogP contribution in [-0.2, 0) is 15.4 Å². The number of hydrogen-bond donors (Lipinski definition) is 0. The predicted octanol–water partition coefficient (Wildman–Crippen LogP) is 2.53. The van der Waals surface area contributed by atoms with Crippen LogP contribution in [0.15, 0.2) is 36.4 Å². The molecule has 0 bridgehead atoms. The van der Waals surface area contributed by atoms with Crippen molar-refractivity contribution in [1.29, 1.82) is 0 Å². The molecule has 0 radical (unpaired) electrons. The van der Waals surface area contributed by atoms with Crippen molar-refractivity contribution in [2.24, 2.45) is 0 Å². The Morgan fingerprint density at radius 3 is 2.88 bits per heavy atom. The van der Waals surface area contributed by atoms with Gasteiger partial charge >= 0.3 is 5.97 Å². The lowest BCUT2D eigenvalue weighted by atomic mass is 10.2. The van der Waals surface area contributed by atoms with Gasteiger partial charge in [0, 0.05) is 18.7 Å². The predicted molar refractivity (Wildman–Crippen MR) is 62.7 cm³/mol. The molecule has 1 aromatic carbocycles. The molecular weight excluding hydrogens is 228 g/mol. The van der Waals surface area contributed by atoms with Crippen LogP contribution >= 0.6 is 11.6 Å². The van der Waals surface area contributed by atoms with Gasteiger partial charge in [-0.25, -0.2) is 4.79 Å². The number of esters is 1. The molecular formula is C12H13ClO3. The quantitative estimate of drug-likeness (QED) is 0.343. The highest BCUT2D eigenvalue weighted by atomic mass is 35.5. The summed E-state index contributed by atoms with van der Waals surface area (Å²) in [5.74, 6) is 0.366. The van der Waals surface area contributed by atoms with Crippen molar-refractivity contribution in [1.82, 2.24) is 0 Å². The van der Waals surface area contributed by atoms with E-state index in [4.69, 9.17) is 21.1 Å². The summed E-state index contributed by atoms with van der Waals surface area (Å²) in [4.78, 5) is 11.3. The lowest BCUT2D eigenvalue weighted by Gasteiger charge is -2.05. The average Bonchev–Trinajstić information content (AvgIpc) is 2.30. The second-order valence-electron chi connectivity index (χ2n) is 3.02. The Bertz CT molecular complexity index is 374. The Morgan fingerprint density at radius 2 is 2.19 bits per heavy atom. The molecule has 0 spiro atoms. The van der Waals surface area contributed by atoms with Crippen LogP contribution in [0, 0.1) is 0 Å². The van der Waals surface area contributed by atoms with Crippen molar-refractivity contribution in [3.63, 3.8) is 0 Å². The van der Waals surface area contributed by atoms with E-state index in [9.17, 15) is 4.79 Å². The van der Waals surface area contributed by atoms with Crippen molar-refractivity contribution in [2.75, 3.05) is 13.7 Å². The van der Waals surface area contributed by atoms with E-state index in [0.717, 1.165) is 5.56 Å². The van der Waals surface area contributed by atoms with Gasteiger partial charge in [-0.15, -0.1) is 11.6 Å². The number of methoxy groups -OCH3 is 1. The summed E-state index contributed by atoms with van der Waals surface area (Å²) in [6.45, 7) is 0.381. The molecule has 1 rings (SSSR count). The largest absolute Gasteiger partial charge is 0.423 e. The zero-order valence-electron chi connectivity index (χ0n) is 8.98. The fourth-order valence-corrected chi connectivity index (χ4v) is 1.32. The first-order valence-electron chi connectivity index (χ1n) is 4.79. The maximum absolute atomic E-state index is 11.3. The Kier molecular flexibility index (Phi) is 5.61. The third kappa shape index (κ3) is 4.04. The molecule has 0 N–H and O–H groups in total. The molecule has 3 nitrogen and oxygen atoms in total. The highest BCUT2D eigenvalue weighted by molar-refractivity contribution is 6.17. The number of halogens is 1. The number of carbonyl (C=O) groups is 1. The monoisotopic (exact) mass is 240 g/mol. The van der Waals surface area contributed by atoms with E-state index in [-0.39, 0.29) is 0 Å². The van der Waals surface area contributed by atoms with Crippen molar-refractivity contribution >= 4 is 17.6 Å². The lowest BCUT2D eigenvalue weighted by Crippen LogP contribution is -2.05. The van der Waals surface area contributed by atoms with Crippen LogP contribution in [0.25, 0.3) is 0 Å². The molecule has 4 heteroatoms. The lowest BCUT2D eigenvalue weighted by molar-refractivity contribution is -0.129. The summed E-state index contributed by atoms with van der Waals surface area (Å²) in [6.07, 6.45) is 2.92. The Morgan fingerprint density at radius 1 is 1.44 bits per heavy atom. The zero-order chi connectivity index (χ0) is 11.8. The summed E-state index contributed by atoms with van der Waals surface area (Å²) < 4.78 is 9.89. The van der Waals surface area contributed by atoms with E-state index in [0.29, 0.717) is 18.2 Å². The van der Waals surface area contributed by atoms with Crippen LogP contribution in [0.1, 0.15) is 5.56 Å². The molecule has 16 heavy (non-hydrogen) atoms. The average molecular weight is 241 g/mol. The number of ether oxygens (including phenoxy) is 2. The van der Waals surface area contributed by atoms with Gasteiger partial charge in [0.1, 0.15) is 5.75 Å². The number of para-hydroxylation sites is 1. The molecule has 0 aliphatic carbocycles.